The number of rotatable bonds is 4. The van der Waals surface area contributed by atoms with E-state index in [9.17, 15) is 9.59 Å². The summed E-state index contributed by atoms with van der Waals surface area (Å²) in [7, 11) is 3.28. The summed E-state index contributed by atoms with van der Waals surface area (Å²) in [5, 5.41) is 9.23. The van der Waals surface area contributed by atoms with E-state index in [1.807, 2.05) is 0 Å². The molecule has 90 valence electrons. The molecule has 0 heterocycles. The van der Waals surface area contributed by atoms with Gasteiger partial charge in [-0.1, -0.05) is 23.7 Å². The number of benzene rings is 1. The molecule has 0 spiro atoms. The summed E-state index contributed by atoms with van der Waals surface area (Å²) >= 11 is 5.85. The maximum absolute atomic E-state index is 12.0. The van der Waals surface area contributed by atoms with Gasteiger partial charge in [-0.15, -0.1) is 0 Å². The molecule has 0 radical (unpaired) electrons. The van der Waals surface area contributed by atoms with E-state index < -0.39 is 11.8 Å². The van der Waals surface area contributed by atoms with Crippen molar-refractivity contribution in [2.24, 2.45) is 0 Å². The highest BCUT2D eigenvalue weighted by Gasteiger charge is 2.21. The molecule has 0 bridgehead atoms. The molecular weight excluding hydrogens is 242 g/mol. The minimum Gasteiger partial charge on any atom is -0.477 e. The lowest BCUT2D eigenvalue weighted by molar-refractivity contribution is -0.132. The number of carboxylic acids is 1. The second-order valence-electron chi connectivity index (χ2n) is 3.62. The molecule has 0 aromatic heterocycles. The zero-order valence-corrected chi connectivity index (χ0v) is 10.2. The number of halogens is 1. The number of ketones is 1. The number of Topliss-reactive ketones (excluding diaryl/α,β-unsaturated/α-hetero) is 1. The van der Waals surface area contributed by atoms with Gasteiger partial charge in [0, 0.05) is 25.9 Å². The van der Waals surface area contributed by atoms with Crippen molar-refractivity contribution in [1.29, 1.82) is 0 Å². The number of hydrogen-bond donors (Lipinski definition) is 1. The maximum atomic E-state index is 12.0. The topological polar surface area (TPSA) is 57.6 Å². The Bertz CT molecular complexity index is 480. The molecule has 0 fully saturated rings. The van der Waals surface area contributed by atoms with Crippen molar-refractivity contribution in [3.05, 3.63) is 46.6 Å². The highest BCUT2D eigenvalue weighted by molar-refractivity contribution is 6.36. The molecule has 0 unspecified atom stereocenters. The van der Waals surface area contributed by atoms with Crippen LogP contribution in [-0.2, 0) is 4.79 Å². The van der Waals surface area contributed by atoms with Gasteiger partial charge in [-0.3, -0.25) is 4.79 Å². The van der Waals surface area contributed by atoms with E-state index in [1.165, 1.54) is 17.2 Å². The van der Waals surface area contributed by atoms with E-state index in [4.69, 9.17) is 16.7 Å². The van der Waals surface area contributed by atoms with Crippen LogP contribution in [0.25, 0.3) is 0 Å². The molecule has 0 saturated carbocycles. The molecule has 0 aliphatic rings. The van der Waals surface area contributed by atoms with Crippen LogP contribution in [0.5, 0.6) is 0 Å². The molecule has 1 rings (SSSR count). The Hall–Kier alpha value is -1.81. The second kappa shape index (κ2) is 5.50. The van der Waals surface area contributed by atoms with Crippen LogP contribution >= 0.6 is 11.6 Å². The van der Waals surface area contributed by atoms with Crippen molar-refractivity contribution in [3.8, 4) is 0 Å². The predicted octanol–water partition coefficient (Wildman–Crippen LogP) is 2.05. The maximum Gasteiger partial charge on any atom is 0.341 e. The lowest BCUT2D eigenvalue weighted by atomic mass is 10.0. The van der Waals surface area contributed by atoms with Gasteiger partial charge >= 0.3 is 5.97 Å². The molecular formula is C12H12ClNO3. The van der Waals surface area contributed by atoms with Crippen molar-refractivity contribution >= 4 is 23.4 Å². The van der Waals surface area contributed by atoms with E-state index >= 15 is 0 Å². The number of carboxylic acid groups (broad SMARTS) is 1. The second-order valence-corrected chi connectivity index (χ2v) is 4.03. The first-order valence-electron chi connectivity index (χ1n) is 4.84. The van der Waals surface area contributed by atoms with Gasteiger partial charge in [0.15, 0.2) is 0 Å². The van der Waals surface area contributed by atoms with E-state index in [0.717, 1.165) is 0 Å². The van der Waals surface area contributed by atoms with Gasteiger partial charge in [-0.25, -0.2) is 4.79 Å². The highest BCUT2D eigenvalue weighted by Crippen LogP contribution is 2.19. The minimum atomic E-state index is -1.27. The fourth-order valence-electron chi connectivity index (χ4n) is 1.26. The quantitative estimate of drug-likeness (QED) is 0.386. The third kappa shape index (κ3) is 3.32. The van der Waals surface area contributed by atoms with Gasteiger partial charge in [0.1, 0.15) is 5.57 Å². The number of hydrogen-bond acceptors (Lipinski definition) is 3. The van der Waals surface area contributed by atoms with Crippen molar-refractivity contribution in [2.45, 2.75) is 0 Å². The van der Waals surface area contributed by atoms with Crippen LogP contribution in [0.4, 0.5) is 0 Å². The Morgan fingerprint density at radius 3 is 2.35 bits per heavy atom. The molecule has 0 saturated heterocycles. The van der Waals surface area contributed by atoms with Gasteiger partial charge in [0.2, 0.25) is 5.78 Å². The number of carbonyl (C=O) groups excluding carboxylic acids is 1. The number of carbonyl (C=O) groups is 2. The van der Waals surface area contributed by atoms with Gasteiger partial charge < -0.3 is 10.0 Å². The summed E-state index contributed by atoms with van der Waals surface area (Å²) in [6, 6.07) is 6.35. The van der Waals surface area contributed by atoms with Crippen LogP contribution < -0.4 is 0 Å². The van der Waals surface area contributed by atoms with Crippen LogP contribution in [-0.4, -0.2) is 35.9 Å². The summed E-state index contributed by atoms with van der Waals surface area (Å²) in [5.41, 5.74) is -0.132. The minimum absolute atomic E-state index is 0.185. The molecule has 1 aromatic carbocycles. The molecule has 0 amide bonds. The average Bonchev–Trinajstić information content (AvgIpc) is 2.25. The summed E-state index contributed by atoms with van der Waals surface area (Å²) < 4.78 is 0. The van der Waals surface area contributed by atoms with Gasteiger partial charge in [0.25, 0.3) is 0 Å². The predicted molar refractivity (Wildman–Crippen MR) is 65.2 cm³/mol. The van der Waals surface area contributed by atoms with Crippen LogP contribution in [0.2, 0.25) is 5.02 Å². The standard InChI is InChI=1S/C12H12ClNO3/c1-14(2)7-9(12(16)17)11(15)8-5-3-4-6-10(8)13/h3-7H,1-2H3,(H,16,17). The van der Waals surface area contributed by atoms with Gasteiger partial charge in [0.05, 0.1) is 5.02 Å². The Labute approximate surface area is 104 Å². The monoisotopic (exact) mass is 253 g/mol. The zero-order valence-electron chi connectivity index (χ0n) is 9.48. The third-order valence-electron chi connectivity index (χ3n) is 1.98. The average molecular weight is 254 g/mol. The summed E-state index contributed by atoms with van der Waals surface area (Å²) in [4.78, 5) is 24.5. The first kappa shape index (κ1) is 13.3. The molecule has 0 aliphatic carbocycles. The summed E-state index contributed by atoms with van der Waals surface area (Å²) in [6.45, 7) is 0. The molecule has 1 N–H and O–H groups in total. The summed E-state index contributed by atoms with van der Waals surface area (Å²) in [5.74, 6) is -1.87. The van der Waals surface area contributed by atoms with Crippen LogP contribution in [0.15, 0.2) is 36.0 Å². The van der Waals surface area contributed by atoms with Crippen molar-refractivity contribution in [2.75, 3.05) is 14.1 Å². The van der Waals surface area contributed by atoms with E-state index in [1.54, 1.807) is 32.3 Å². The first-order chi connectivity index (χ1) is 7.93. The molecule has 4 nitrogen and oxygen atoms in total. The summed E-state index contributed by atoms with van der Waals surface area (Å²) in [6.07, 6.45) is 1.26. The van der Waals surface area contributed by atoms with Crippen LogP contribution in [0.3, 0.4) is 0 Å². The lowest BCUT2D eigenvalue weighted by Gasteiger charge is -2.08. The Morgan fingerprint density at radius 1 is 1.29 bits per heavy atom. The van der Waals surface area contributed by atoms with E-state index in [0.29, 0.717) is 0 Å². The third-order valence-corrected chi connectivity index (χ3v) is 2.31. The first-order valence-corrected chi connectivity index (χ1v) is 5.22. The molecule has 1 aromatic rings. The Kier molecular flexibility index (Phi) is 4.29. The van der Waals surface area contributed by atoms with Gasteiger partial charge in [-0.05, 0) is 12.1 Å². The number of aliphatic carboxylic acids is 1. The smallest absolute Gasteiger partial charge is 0.341 e. The van der Waals surface area contributed by atoms with Crippen LogP contribution in [0.1, 0.15) is 10.4 Å². The molecule has 0 atom stereocenters. The number of nitrogens with zero attached hydrogens (tertiary/aromatic N) is 1. The van der Waals surface area contributed by atoms with Crippen molar-refractivity contribution in [1.82, 2.24) is 4.90 Å². The normalized spacial score (nSPS) is 11.1. The fraction of sp³-hybridized carbons (Fsp3) is 0.167. The lowest BCUT2D eigenvalue weighted by Crippen LogP contribution is -2.17. The van der Waals surface area contributed by atoms with E-state index in [2.05, 4.69) is 0 Å². The van der Waals surface area contributed by atoms with E-state index in [-0.39, 0.29) is 16.2 Å². The van der Waals surface area contributed by atoms with Crippen LogP contribution in [0, 0.1) is 0 Å². The fourth-order valence-corrected chi connectivity index (χ4v) is 1.48. The largest absolute Gasteiger partial charge is 0.477 e. The van der Waals surface area contributed by atoms with Crippen molar-refractivity contribution < 1.29 is 14.7 Å². The highest BCUT2D eigenvalue weighted by atomic mass is 35.5. The zero-order chi connectivity index (χ0) is 13.0. The van der Waals surface area contributed by atoms with Crippen molar-refractivity contribution in [3.63, 3.8) is 0 Å². The van der Waals surface area contributed by atoms with Gasteiger partial charge in [-0.2, -0.15) is 0 Å². The molecule has 5 heteroatoms. The Balaban J connectivity index is 3.19. The Morgan fingerprint density at radius 2 is 1.88 bits per heavy atom. The molecule has 17 heavy (non-hydrogen) atoms. The SMILES string of the molecule is CN(C)C=C(C(=O)O)C(=O)c1ccccc1Cl. The molecule has 0 aliphatic heterocycles.